The molecule has 2 aromatic rings. The summed E-state index contributed by atoms with van der Waals surface area (Å²) in [7, 11) is 3.09. The lowest BCUT2D eigenvalue weighted by atomic mass is 10.2. The molecule has 1 atom stereocenters. The molecule has 164 valence electrons. The molecular formula is C23H27N3O4S. The van der Waals surface area contributed by atoms with Gasteiger partial charge in [-0.3, -0.25) is 14.5 Å². The molecule has 1 aliphatic rings. The van der Waals surface area contributed by atoms with Gasteiger partial charge in [-0.2, -0.15) is 0 Å². The summed E-state index contributed by atoms with van der Waals surface area (Å²) in [4.78, 5) is 32.0. The van der Waals surface area contributed by atoms with Crippen molar-refractivity contribution in [2.45, 2.75) is 31.4 Å². The molecule has 1 N–H and O–H groups in total. The highest BCUT2D eigenvalue weighted by molar-refractivity contribution is 8.15. The molecule has 31 heavy (non-hydrogen) atoms. The van der Waals surface area contributed by atoms with E-state index < -0.39 is 5.25 Å². The average molecular weight is 442 g/mol. The van der Waals surface area contributed by atoms with Gasteiger partial charge in [-0.05, 0) is 30.7 Å². The first-order chi connectivity index (χ1) is 15.0. The Balaban J connectivity index is 1.71. The van der Waals surface area contributed by atoms with E-state index in [1.807, 2.05) is 30.3 Å². The molecule has 1 heterocycles. The lowest BCUT2D eigenvalue weighted by molar-refractivity contribution is -0.128. The van der Waals surface area contributed by atoms with Gasteiger partial charge < -0.3 is 14.8 Å². The van der Waals surface area contributed by atoms with Gasteiger partial charge in [0.25, 0.3) is 0 Å². The molecule has 0 aliphatic carbocycles. The number of ether oxygens (including phenoxy) is 2. The second-order valence-corrected chi connectivity index (χ2v) is 8.17. The summed E-state index contributed by atoms with van der Waals surface area (Å²) in [5.74, 6) is 0.787. The van der Waals surface area contributed by atoms with Crippen LogP contribution in [0.15, 0.2) is 53.5 Å². The van der Waals surface area contributed by atoms with Crippen LogP contribution in [0.3, 0.4) is 0 Å². The minimum Gasteiger partial charge on any atom is -0.493 e. The molecule has 7 nitrogen and oxygen atoms in total. The van der Waals surface area contributed by atoms with Crippen LogP contribution in [-0.4, -0.2) is 47.9 Å². The average Bonchev–Trinajstić information content (AvgIpc) is 3.06. The van der Waals surface area contributed by atoms with E-state index in [2.05, 4.69) is 17.2 Å². The van der Waals surface area contributed by atoms with Gasteiger partial charge in [-0.1, -0.05) is 43.3 Å². The van der Waals surface area contributed by atoms with Gasteiger partial charge in [-0.25, -0.2) is 4.99 Å². The van der Waals surface area contributed by atoms with E-state index >= 15 is 0 Å². The minimum absolute atomic E-state index is 0.0638. The molecule has 0 aromatic heterocycles. The maximum atomic E-state index is 13.0. The van der Waals surface area contributed by atoms with E-state index in [4.69, 9.17) is 9.47 Å². The number of anilines is 1. The van der Waals surface area contributed by atoms with Crippen molar-refractivity contribution >= 4 is 40.1 Å². The molecule has 2 amide bonds. The van der Waals surface area contributed by atoms with E-state index in [0.29, 0.717) is 28.9 Å². The van der Waals surface area contributed by atoms with Crippen molar-refractivity contribution in [3.8, 4) is 11.5 Å². The monoisotopic (exact) mass is 441 g/mol. The van der Waals surface area contributed by atoms with Crippen molar-refractivity contribution in [3.05, 3.63) is 48.5 Å². The summed E-state index contributed by atoms with van der Waals surface area (Å²) in [6.45, 7) is 2.68. The first kappa shape index (κ1) is 22.7. The van der Waals surface area contributed by atoms with Crippen LogP contribution >= 0.6 is 11.8 Å². The number of carbonyl (C=O) groups is 2. The number of hydrogen-bond donors (Lipinski definition) is 1. The van der Waals surface area contributed by atoms with Crippen LogP contribution in [-0.2, 0) is 9.59 Å². The van der Waals surface area contributed by atoms with Crippen LogP contribution in [0, 0.1) is 0 Å². The maximum Gasteiger partial charge on any atom is 0.242 e. The third kappa shape index (κ3) is 5.79. The fourth-order valence-electron chi connectivity index (χ4n) is 3.15. The highest BCUT2D eigenvalue weighted by Gasteiger charge is 2.38. The van der Waals surface area contributed by atoms with Gasteiger partial charge in [0.2, 0.25) is 11.8 Å². The zero-order valence-corrected chi connectivity index (χ0v) is 18.8. The predicted octanol–water partition coefficient (Wildman–Crippen LogP) is 4.46. The third-order valence-corrected chi connectivity index (χ3v) is 5.95. The molecule has 3 rings (SSSR count). The summed E-state index contributed by atoms with van der Waals surface area (Å²) in [6.07, 6.45) is 1.91. The smallest absolute Gasteiger partial charge is 0.242 e. The van der Waals surface area contributed by atoms with Crippen LogP contribution < -0.4 is 14.8 Å². The third-order valence-electron chi connectivity index (χ3n) is 4.77. The van der Waals surface area contributed by atoms with Crippen LogP contribution in [0.4, 0.5) is 11.4 Å². The summed E-state index contributed by atoms with van der Waals surface area (Å²) in [5, 5.41) is 2.99. The lowest BCUT2D eigenvalue weighted by Gasteiger charge is -2.16. The molecule has 1 unspecified atom stereocenters. The first-order valence-corrected chi connectivity index (χ1v) is 11.1. The van der Waals surface area contributed by atoms with E-state index in [0.717, 1.165) is 18.5 Å². The number of unbranched alkanes of at least 4 members (excludes halogenated alkanes) is 1. The molecule has 2 aromatic carbocycles. The van der Waals surface area contributed by atoms with Gasteiger partial charge in [0.15, 0.2) is 16.7 Å². The molecule has 0 radical (unpaired) electrons. The topological polar surface area (TPSA) is 80.2 Å². The van der Waals surface area contributed by atoms with Crippen molar-refractivity contribution in [1.29, 1.82) is 0 Å². The molecule has 1 saturated heterocycles. The van der Waals surface area contributed by atoms with Gasteiger partial charge in [-0.15, -0.1) is 0 Å². The summed E-state index contributed by atoms with van der Waals surface area (Å²) in [5.41, 5.74) is 1.37. The fourth-order valence-corrected chi connectivity index (χ4v) is 4.34. The number of nitrogens with zero attached hydrogens (tertiary/aromatic N) is 2. The second kappa shape index (κ2) is 10.9. The van der Waals surface area contributed by atoms with Crippen molar-refractivity contribution < 1.29 is 19.1 Å². The van der Waals surface area contributed by atoms with Crippen molar-refractivity contribution in [2.75, 3.05) is 26.1 Å². The number of aliphatic imine (C=N–C) groups is 1. The fraction of sp³-hybridized carbons (Fsp3) is 0.348. The Morgan fingerprint density at radius 3 is 2.55 bits per heavy atom. The second-order valence-electron chi connectivity index (χ2n) is 7.00. The van der Waals surface area contributed by atoms with Crippen LogP contribution in [0.5, 0.6) is 11.5 Å². The minimum atomic E-state index is -0.500. The van der Waals surface area contributed by atoms with E-state index in [1.54, 1.807) is 30.2 Å². The van der Waals surface area contributed by atoms with Gasteiger partial charge >= 0.3 is 0 Å². The zero-order chi connectivity index (χ0) is 22.2. The van der Waals surface area contributed by atoms with Gasteiger partial charge in [0, 0.05) is 24.7 Å². The lowest BCUT2D eigenvalue weighted by Crippen LogP contribution is -2.34. The largest absolute Gasteiger partial charge is 0.493 e. The van der Waals surface area contributed by atoms with Crippen molar-refractivity contribution in [3.63, 3.8) is 0 Å². The highest BCUT2D eigenvalue weighted by atomic mass is 32.2. The zero-order valence-electron chi connectivity index (χ0n) is 18.0. The number of nitrogens with one attached hydrogen (secondary N) is 1. The Kier molecular flexibility index (Phi) is 7.94. The van der Waals surface area contributed by atoms with E-state index in [-0.39, 0.29) is 18.2 Å². The van der Waals surface area contributed by atoms with E-state index in [9.17, 15) is 9.59 Å². The van der Waals surface area contributed by atoms with E-state index in [1.165, 1.54) is 18.9 Å². The van der Waals surface area contributed by atoms with Crippen LogP contribution in [0.25, 0.3) is 0 Å². The molecule has 0 spiro atoms. The first-order valence-electron chi connectivity index (χ1n) is 10.2. The Labute approximate surface area is 186 Å². The molecule has 1 fully saturated rings. The Morgan fingerprint density at radius 1 is 1.13 bits per heavy atom. The van der Waals surface area contributed by atoms with Crippen molar-refractivity contribution in [1.82, 2.24) is 4.90 Å². The Bertz CT molecular complexity index is 949. The summed E-state index contributed by atoms with van der Waals surface area (Å²) < 4.78 is 10.5. The number of methoxy groups -OCH3 is 2. The SMILES string of the molecule is CCCCN1C(=O)C(CC(=O)Nc2ccc(OC)c(OC)c2)SC1=Nc1ccccc1. The number of rotatable bonds is 9. The standard InChI is InChI=1S/C23H27N3O4S/c1-4-5-13-26-22(28)20(31-23(26)25-16-9-7-6-8-10-16)15-21(27)24-17-11-12-18(29-2)19(14-17)30-3/h6-12,14,20H,4-5,13,15H2,1-3H3,(H,24,27). The summed E-state index contributed by atoms with van der Waals surface area (Å²) >= 11 is 1.35. The molecule has 0 bridgehead atoms. The molecule has 8 heteroatoms. The maximum absolute atomic E-state index is 13.0. The van der Waals surface area contributed by atoms with Gasteiger partial charge in [0.1, 0.15) is 5.25 Å². The molecular weight excluding hydrogens is 414 g/mol. The predicted molar refractivity (Wildman–Crippen MR) is 124 cm³/mol. The number of amides is 2. The van der Waals surface area contributed by atoms with Crippen LogP contribution in [0.1, 0.15) is 26.2 Å². The normalized spacial score (nSPS) is 17.1. The van der Waals surface area contributed by atoms with Crippen LogP contribution in [0.2, 0.25) is 0 Å². The number of para-hydroxylation sites is 1. The Morgan fingerprint density at radius 2 is 1.87 bits per heavy atom. The number of thioether (sulfide) groups is 1. The number of carbonyl (C=O) groups excluding carboxylic acids is 2. The number of amidine groups is 1. The number of hydrogen-bond acceptors (Lipinski definition) is 6. The molecule has 0 saturated carbocycles. The van der Waals surface area contributed by atoms with Gasteiger partial charge in [0.05, 0.1) is 19.9 Å². The number of benzene rings is 2. The molecule has 1 aliphatic heterocycles. The quantitative estimate of drug-likeness (QED) is 0.621. The van der Waals surface area contributed by atoms with Crippen molar-refractivity contribution in [2.24, 2.45) is 4.99 Å². The highest BCUT2D eigenvalue weighted by Crippen LogP contribution is 2.33. The summed E-state index contributed by atoms with van der Waals surface area (Å²) in [6, 6.07) is 14.7. The Hall–Kier alpha value is -3.00.